The van der Waals surface area contributed by atoms with Crippen LogP contribution in [-0.2, 0) is 11.2 Å². The highest BCUT2D eigenvalue weighted by molar-refractivity contribution is 5.96. The molecule has 2 rings (SSSR count). The average molecular weight is 253 g/mol. The van der Waals surface area contributed by atoms with Gasteiger partial charge in [0.15, 0.2) is 0 Å². The summed E-state index contributed by atoms with van der Waals surface area (Å²) in [6.45, 7) is 0.0156. The molecule has 2 N–H and O–H groups in total. The normalized spacial score (nSPS) is 15.8. The Bertz CT molecular complexity index is 512. The average Bonchev–Trinajstić information content (AvgIpc) is 2.70. The van der Waals surface area contributed by atoms with E-state index in [1.165, 1.54) is 12.1 Å². The van der Waals surface area contributed by atoms with Crippen LogP contribution in [0.15, 0.2) is 18.2 Å². The number of allylic oxidation sites excluding steroid dienone is 1. The van der Waals surface area contributed by atoms with Gasteiger partial charge in [-0.15, -0.1) is 0 Å². The third kappa shape index (κ3) is 2.56. The first-order chi connectivity index (χ1) is 8.61. The van der Waals surface area contributed by atoms with E-state index in [2.05, 4.69) is 5.32 Å². The summed E-state index contributed by atoms with van der Waals surface area (Å²) in [5.74, 6) is -1.57. The van der Waals surface area contributed by atoms with Gasteiger partial charge >= 0.3 is 0 Å². The molecule has 0 spiro atoms. The second kappa shape index (κ2) is 5.27. The molecular weight excluding hydrogens is 240 g/mol. The first-order valence-corrected chi connectivity index (χ1v) is 5.69. The molecule has 0 bridgehead atoms. The van der Waals surface area contributed by atoms with Gasteiger partial charge in [-0.2, -0.15) is 0 Å². The summed E-state index contributed by atoms with van der Waals surface area (Å²) in [7, 11) is 0. The summed E-state index contributed by atoms with van der Waals surface area (Å²) in [5, 5.41) is 11.0. The fourth-order valence-corrected chi connectivity index (χ4v) is 2.08. The van der Waals surface area contributed by atoms with Crippen LogP contribution in [0.25, 0.3) is 5.57 Å². The Kier molecular flexibility index (Phi) is 3.72. The maximum absolute atomic E-state index is 13.5. The van der Waals surface area contributed by atoms with Gasteiger partial charge in [0.25, 0.3) is 0 Å². The van der Waals surface area contributed by atoms with Crippen LogP contribution in [-0.4, -0.2) is 24.2 Å². The molecule has 1 aliphatic carbocycles. The minimum Gasteiger partial charge on any atom is -0.395 e. The van der Waals surface area contributed by atoms with Gasteiger partial charge in [0.05, 0.1) is 6.61 Å². The van der Waals surface area contributed by atoms with Crippen LogP contribution in [0.3, 0.4) is 0 Å². The number of rotatable bonds is 3. The van der Waals surface area contributed by atoms with Gasteiger partial charge in [0.1, 0.15) is 11.6 Å². The van der Waals surface area contributed by atoms with Crippen LogP contribution in [0.4, 0.5) is 8.78 Å². The fourth-order valence-electron chi connectivity index (χ4n) is 2.08. The van der Waals surface area contributed by atoms with E-state index in [4.69, 9.17) is 5.11 Å². The van der Waals surface area contributed by atoms with Gasteiger partial charge in [0.2, 0.25) is 5.91 Å². The molecule has 1 amide bonds. The third-order valence-electron chi connectivity index (χ3n) is 2.87. The fraction of sp³-hybridized carbons (Fsp3) is 0.308. The summed E-state index contributed by atoms with van der Waals surface area (Å²) in [6, 6.07) is 2.10. The van der Waals surface area contributed by atoms with Crippen molar-refractivity contribution in [2.24, 2.45) is 0 Å². The van der Waals surface area contributed by atoms with Crippen LogP contribution in [0.5, 0.6) is 0 Å². The van der Waals surface area contributed by atoms with E-state index in [1.54, 1.807) is 0 Å². The van der Waals surface area contributed by atoms with Crippen molar-refractivity contribution < 1.29 is 18.7 Å². The van der Waals surface area contributed by atoms with Crippen molar-refractivity contribution >= 4 is 11.5 Å². The van der Waals surface area contributed by atoms with Crippen molar-refractivity contribution in [2.75, 3.05) is 13.2 Å². The molecular formula is C13H13F2NO2. The highest BCUT2D eigenvalue weighted by Crippen LogP contribution is 2.34. The van der Waals surface area contributed by atoms with Crippen molar-refractivity contribution in [3.05, 3.63) is 41.0 Å². The second-order valence-electron chi connectivity index (χ2n) is 4.10. The van der Waals surface area contributed by atoms with Crippen LogP contribution in [0.2, 0.25) is 0 Å². The first-order valence-electron chi connectivity index (χ1n) is 5.69. The number of carbonyl (C=O) groups excluding carboxylic acids is 1. The van der Waals surface area contributed by atoms with E-state index in [9.17, 15) is 13.6 Å². The van der Waals surface area contributed by atoms with E-state index in [0.717, 1.165) is 6.07 Å². The Morgan fingerprint density at radius 3 is 2.89 bits per heavy atom. The maximum Gasteiger partial charge on any atom is 0.244 e. The smallest absolute Gasteiger partial charge is 0.244 e. The number of fused-ring (bicyclic) bond motifs is 1. The Hall–Kier alpha value is -1.75. The lowest BCUT2D eigenvalue weighted by Gasteiger charge is -2.03. The van der Waals surface area contributed by atoms with Crippen LogP contribution in [0.1, 0.15) is 17.5 Å². The molecule has 0 unspecified atom stereocenters. The number of amides is 1. The molecule has 0 aliphatic heterocycles. The Morgan fingerprint density at radius 2 is 2.17 bits per heavy atom. The van der Waals surface area contributed by atoms with Gasteiger partial charge in [-0.05, 0) is 35.6 Å². The SMILES string of the molecule is O=C(/C=C1\CCc2c(F)cc(F)cc21)NCCO. The molecule has 1 aromatic rings. The molecule has 0 aromatic heterocycles. The lowest BCUT2D eigenvalue weighted by Crippen LogP contribution is -2.24. The molecule has 0 saturated carbocycles. The molecule has 1 aliphatic rings. The topological polar surface area (TPSA) is 49.3 Å². The van der Waals surface area contributed by atoms with Gasteiger partial charge in [-0.3, -0.25) is 4.79 Å². The van der Waals surface area contributed by atoms with Crippen LogP contribution < -0.4 is 5.32 Å². The number of aliphatic hydroxyl groups excluding tert-OH is 1. The Balaban J connectivity index is 2.26. The van der Waals surface area contributed by atoms with Crippen molar-refractivity contribution in [1.29, 1.82) is 0 Å². The minimum absolute atomic E-state index is 0.144. The number of aliphatic hydroxyl groups is 1. The lowest BCUT2D eigenvalue weighted by atomic mass is 10.1. The molecule has 0 fully saturated rings. The van der Waals surface area contributed by atoms with Crippen molar-refractivity contribution in [3.8, 4) is 0 Å². The Morgan fingerprint density at radius 1 is 1.39 bits per heavy atom. The molecule has 96 valence electrons. The molecule has 0 saturated heterocycles. The van der Waals surface area contributed by atoms with E-state index in [-0.39, 0.29) is 19.1 Å². The number of carbonyl (C=O) groups is 1. The van der Waals surface area contributed by atoms with E-state index < -0.39 is 11.6 Å². The summed E-state index contributed by atoms with van der Waals surface area (Å²) in [5.41, 5.74) is 1.54. The van der Waals surface area contributed by atoms with Gasteiger partial charge in [-0.25, -0.2) is 8.78 Å². The quantitative estimate of drug-likeness (QED) is 0.800. The monoisotopic (exact) mass is 253 g/mol. The van der Waals surface area contributed by atoms with Crippen molar-refractivity contribution in [2.45, 2.75) is 12.8 Å². The summed E-state index contributed by atoms with van der Waals surface area (Å²) in [4.78, 5) is 11.5. The number of hydrogen-bond acceptors (Lipinski definition) is 2. The molecule has 1 aromatic carbocycles. The molecule has 0 atom stereocenters. The predicted octanol–water partition coefficient (Wildman–Crippen LogP) is 1.40. The molecule has 0 radical (unpaired) electrons. The van der Waals surface area contributed by atoms with E-state index >= 15 is 0 Å². The number of halogens is 2. The molecule has 18 heavy (non-hydrogen) atoms. The maximum atomic E-state index is 13.5. The zero-order chi connectivity index (χ0) is 13.1. The van der Waals surface area contributed by atoms with Gasteiger partial charge in [0, 0.05) is 18.7 Å². The molecule has 3 nitrogen and oxygen atoms in total. The van der Waals surface area contributed by atoms with Crippen molar-refractivity contribution in [3.63, 3.8) is 0 Å². The number of benzene rings is 1. The highest BCUT2D eigenvalue weighted by atomic mass is 19.1. The second-order valence-corrected chi connectivity index (χ2v) is 4.10. The molecule has 0 heterocycles. The zero-order valence-electron chi connectivity index (χ0n) is 9.67. The largest absolute Gasteiger partial charge is 0.395 e. The summed E-state index contributed by atoms with van der Waals surface area (Å²) >= 11 is 0. The highest BCUT2D eigenvalue weighted by Gasteiger charge is 2.21. The third-order valence-corrected chi connectivity index (χ3v) is 2.87. The van der Waals surface area contributed by atoms with Gasteiger partial charge < -0.3 is 10.4 Å². The van der Waals surface area contributed by atoms with Crippen LogP contribution in [0, 0.1) is 11.6 Å². The summed E-state index contributed by atoms with van der Waals surface area (Å²) in [6.07, 6.45) is 2.32. The van der Waals surface area contributed by atoms with Crippen LogP contribution >= 0.6 is 0 Å². The first kappa shape index (κ1) is 12.7. The predicted molar refractivity (Wildman–Crippen MR) is 62.8 cm³/mol. The number of hydrogen-bond donors (Lipinski definition) is 2. The van der Waals surface area contributed by atoms with Crippen molar-refractivity contribution in [1.82, 2.24) is 5.32 Å². The van der Waals surface area contributed by atoms with E-state index in [0.29, 0.717) is 29.5 Å². The lowest BCUT2D eigenvalue weighted by molar-refractivity contribution is -0.116. The minimum atomic E-state index is -0.644. The van der Waals surface area contributed by atoms with Gasteiger partial charge in [-0.1, -0.05) is 0 Å². The molecule has 5 heteroatoms. The van der Waals surface area contributed by atoms with E-state index in [1.807, 2.05) is 0 Å². The standard InChI is InChI=1S/C13H13F2NO2/c14-9-6-11-8(5-13(18)16-3-4-17)1-2-10(11)12(15)7-9/h5-7,17H,1-4H2,(H,16,18)/b8-5+. The Labute approximate surface area is 103 Å². The number of nitrogens with one attached hydrogen (secondary N) is 1. The zero-order valence-corrected chi connectivity index (χ0v) is 9.67. The summed E-state index contributed by atoms with van der Waals surface area (Å²) < 4.78 is 26.6.